The van der Waals surface area contributed by atoms with Gasteiger partial charge in [0.25, 0.3) is 0 Å². The monoisotopic (exact) mass is 410 g/mol. The maximum atomic E-state index is 12.3. The Labute approximate surface area is 167 Å². The van der Waals surface area contributed by atoms with Crippen LogP contribution in [0.3, 0.4) is 0 Å². The van der Waals surface area contributed by atoms with Gasteiger partial charge in [0.2, 0.25) is 0 Å². The van der Waals surface area contributed by atoms with Crippen LogP contribution in [0.5, 0.6) is 0 Å². The average molecular weight is 412 g/mol. The van der Waals surface area contributed by atoms with Gasteiger partial charge in [0, 0.05) is 16.0 Å². The van der Waals surface area contributed by atoms with Crippen molar-refractivity contribution in [3.8, 4) is 0 Å². The molecule has 1 spiro atoms. The van der Waals surface area contributed by atoms with Crippen LogP contribution in [0.1, 0.15) is 13.3 Å². The predicted molar refractivity (Wildman–Crippen MR) is 107 cm³/mol. The number of anilines is 1. The fraction of sp³-hybridized carbons (Fsp3) is 0.263. The highest BCUT2D eigenvalue weighted by Gasteiger charge is 2.50. The molecule has 2 aliphatic rings. The lowest BCUT2D eigenvalue weighted by atomic mass is 9.78. The van der Waals surface area contributed by atoms with Crippen LogP contribution in [-0.4, -0.2) is 24.3 Å². The molecule has 7 heteroatoms. The van der Waals surface area contributed by atoms with Gasteiger partial charge in [0.1, 0.15) is 0 Å². The van der Waals surface area contributed by atoms with Gasteiger partial charge in [0.15, 0.2) is 5.71 Å². The van der Waals surface area contributed by atoms with Gasteiger partial charge in [-0.2, -0.15) is 5.10 Å². The molecule has 136 valence electrons. The molecule has 1 aliphatic heterocycles. The quantitative estimate of drug-likeness (QED) is 0.616. The van der Waals surface area contributed by atoms with Gasteiger partial charge in [-0.15, -0.1) is 0 Å². The number of hydrogen-bond acceptors (Lipinski definition) is 4. The number of hydrogen-bond donors (Lipinski definition) is 0. The molecular formula is C19H17Cl3N2O2. The van der Waals surface area contributed by atoms with Crippen molar-refractivity contribution in [2.24, 2.45) is 11.0 Å². The largest absolute Gasteiger partial charge is 0.464 e. The summed E-state index contributed by atoms with van der Waals surface area (Å²) in [6, 6.07) is 5.19. The second kappa shape index (κ2) is 7.47. The van der Waals surface area contributed by atoms with Crippen molar-refractivity contribution >= 4 is 52.2 Å². The summed E-state index contributed by atoms with van der Waals surface area (Å²) in [6.45, 7) is 1.95. The van der Waals surface area contributed by atoms with Crippen LogP contribution in [0.15, 0.2) is 58.7 Å². The Morgan fingerprint density at radius 1 is 1.35 bits per heavy atom. The topological polar surface area (TPSA) is 41.9 Å². The normalized spacial score (nSPS) is 29.4. The third kappa shape index (κ3) is 3.29. The zero-order valence-corrected chi connectivity index (χ0v) is 16.5. The zero-order valence-electron chi connectivity index (χ0n) is 14.2. The SMILES string of the molecule is COC(=O)C1=NN(c2ccc(Cl)cc2Cl)C2(/C=C/C=C(Cl)\C=C/C2)[C@@H]1C. The molecule has 0 saturated carbocycles. The lowest BCUT2D eigenvalue weighted by molar-refractivity contribution is -0.133. The number of nitrogens with zero attached hydrogens (tertiary/aromatic N) is 2. The lowest BCUT2D eigenvalue weighted by Gasteiger charge is -2.38. The molecule has 1 aromatic rings. The number of allylic oxidation sites excluding steroid dienone is 4. The summed E-state index contributed by atoms with van der Waals surface area (Å²) in [5.74, 6) is -0.689. The number of carbonyl (C=O) groups excluding carboxylic acids is 1. The highest BCUT2D eigenvalue weighted by molar-refractivity contribution is 6.39. The third-order valence-electron chi connectivity index (χ3n) is 4.66. The van der Waals surface area contributed by atoms with Crippen LogP contribution in [0.4, 0.5) is 5.69 Å². The van der Waals surface area contributed by atoms with Crippen molar-refractivity contribution in [3.05, 3.63) is 63.7 Å². The Hall–Kier alpha value is -1.75. The smallest absolute Gasteiger partial charge is 0.354 e. The van der Waals surface area contributed by atoms with E-state index in [2.05, 4.69) is 5.10 Å². The summed E-state index contributed by atoms with van der Waals surface area (Å²) in [5, 5.41) is 7.96. The minimum Gasteiger partial charge on any atom is -0.464 e. The molecule has 2 atom stereocenters. The standard InChI is InChI=1S/C19H17Cl3N2O2/c1-12-17(18(25)26-2)23-24(16-8-7-14(21)11-15(16)22)19(12)9-3-5-13(20)6-4-10-19/h3-9,11-12H,10H2,1-2H3/b6-4-,9-3+,13-5+/t12-,19?/m1/s1. The lowest BCUT2D eigenvalue weighted by Crippen LogP contribution is -2.47. The number of halogens is 3. The van der Waals surface area contributed by atoms with Crippen molar-refractivity contribution in [3.63, 3.8) is 0 Å². The van der Waals surface area contributed by atoms with Crippen molar-refractivity contribution in [1.82, 2.24) is 0 Å². The highest BCUT2D eigenvalue weighted by atomic mass is 35.5. The summed E-state index contributed by atoms with van der Waals surface area (Å²) in [6.07, 6.45) is 10.0. The van der Waals surface area contributed by atoms with Gasteiger partial charge in [-0.1, -0.05) is 60.0 Å². The van der Waals surface area contributed by atoms with Gasteiger partial charge < -0.3 is 4.74 Å². The molecule has 0 bridgehead atoms. The summed E-state index contributed by atoms with van der Waals surface area (Å²) in [7, 11) is 1.35. The zero-order chi connectivity index (χ0) is 18.9. The van der Waals surface area contributed by atoms with E-state index in [1.165, 1.54) is 7.11 Å². The fourth-order valence-corrected chi connectivity index (χ4v) is 3.88. The van der Waals surface area contributed by atoms with Crippen LogP contribution >= 0.6 is 34.8 Å². The van der Waals surface area contributed by atoms with E-state index in [-0.39, 0.29) is 5.92 Å². The van der Waals surface area contributed by atoms with Gasteiger partial charge in [-0.05, 0) is 36.8 Å². The molecule has 4 nitrogen and oxygen atoms in total. The average Bonchev–Trinajstić information content (AvgIpc) is 2.86. The van der Waals surface area contributed by atoms with Gasteiger partial charge >= 0.3 is 5.97 Å². The van der Waals surface area contributed by atoms with Crippen molar-refractivity contribution in [2.45, 2.75) is 18.9 Å². The van der Waals surface area contributed by atoms with Gasteiger partial charge in [0.05, 0.1) is 23.4 Å². The molecule has 1 aliphatic carbocycles. The summed E-state index contributed by atoms with van der Waals surface area (Å²) in [4.78, 5) is 12.3. The fourth-order valence-electron chi connectivity index (χ4n) is 3.23. The minimum absolute atomic E-state index is 0.229. The molecule has 1 heterocycles. The molecule has 0 amide bonds. The van der Waals surface area contributed by atoms with Crippen molar-refractivity contribution in [1.29, 1.82) is 0 Å². The van der Waals surface area contributed by atoms with E-state index in [9.17, 15) is 4.79 Å². The van der Waals surface area contributed by atoms with E-state index in [1.807, 2.05) is 31.2 Å². The number of rotatable bonds is 2. The van der Waals surface area contributed by atoms with Gasteiger partial charge in [-0.3, -0.25) is 5.01 Å². The summed E-state index contributed by atoms with van der Waals surface area (Å²) in [5.41, 5.74) is 0.383. The second-order valence-corrected chi connectivity index (χ2v) is 7.39. The first kappa shape index (κ1) is 19.0. The maximum Gasteiger partial charge on any atom is 0.354 e. The van der Waals surface area contributed by atoms with Crippen LogP contribution in [0, 0.1) is 5.92 Å². The molecule has 0 N–H and O–H groups in total. The maximum absolute atomic E-state index is 12.3. The Balaban J connectivity index is 2.17. The van der Waals surface area contributed by atoms with E-state index < -0.39 is 11.5 Å². The Morgan fingerprint density at radius 2 is 2.12 bits per heavy atom. The molecule has 3 rings (SSSR count). The van der Waals surface area contributed by atoms with E-state index in [4.69, 9.17) is 39.5 Å². The van der Waals surface area contributed by atoms with E-state index >= 15 is 0 Å². The summed E-state index contributed by atoms with van der Waals surface area (Å²) < 4.78 is 4.92. The number of hydrazone groups is 1. The Bertz CT molecular complexity index is 860. The molecule has 1 aromatic carbocycles. The molecule has 0 saturated heterocycles. The number of carbonyl (C=O) groups is 1. The Kier molecular flexibility index (Phi) is 5.47. The second-order valence-electron chi connectivity index (χ2n) is 6.11. The van der Waals surface area contributed by atoms with Crippen LogP contribution in [-0.2, 0) is 9.53 Å². The van der Waals surface area contributed by atoms with Gasteiger partial charge in [-0.25, -0.2) is 4.79 Å². The van der Waals surface area contributed by atoms with Crippen LogP contribution in [0.2, 0.25) is 10.0 Å². The van der Waals surface area contributed by atoms with Crippen LogP contribution < -0.4 is 5.01 Å². The van der Waals surface area contributed by atoms with Crippen LogP contribution in [0.25, 0.3) is 0 Å². The molecular weight excluding hydrogens is 395 g/mol. The first-order chi connectivity index (χ1) is 12.4. The van der Waals surface area contributed by atoms with E-state index in [0.717, 1.165) is 0 Å². The molecule has 0 aromatic heterocycles. The van der Waals surface area contributed by atoms with Crippen molar-refractivity contribution < 1.29 is 9.53 Å². The van der Waals surface area contributed by atoms with E-state index in [0.29, 0.717) is 32.9 Å². The number of methoxy groups -OCH3 is 1. The third-order valence-corrected chi connectivity index (χ3v) is 5.45. The number of esters is 1. The first-order valence-corrected chi connectivity index (χ1v) is 9.16. The molecule has 0 radical (unpaired) electrons. The minimum atomic E-state index is -0.619. The van der Waals surface area contributed by atoms with Crippen molar-refractivity contribution in [2.75, 3.05) is 12.1 Å². The first-order valence-electron chi connectivity index (χ1n) is 8.02. The molecule has 26 heavy (non-hydrogen) atoms. The molecule has 1 unspecified atom stereocenters. The highest BCUT2D eigenvalue weighted by Crippen LogP contribution is 2.44. The number of ether oxygens (including phenoxy) is 1. The predicted octanol–water partition coefficient (Wildman–Crippen LogP) is 5.36. The Morgan fingerprint density at radius 3 is 2.81 bits per heavy atom. The summed E-state index contributed by atoms with van der Waals surface area (Å²) >= 11 is 18.6. The van der Waals surface area contributed by atoms with E-state index in [1.54, 1.807) is 29.3 Å². The molecule has 0 fully saturated rings. The number of benzene rings is 1.